The van der Waals surface area contributed by atoms with E-state index in [1.54, 1.807) is 6.92 Å². The van der Waals surface area contributed by atoms with E-state index in [2.05, 4.69) is 18.7 Å². The van der Waals surface area contributed by atoms with Crippen LogP contribution in [0.1, 0.15) is 72.1 Å². The van der Waals surface area contributed by atoms with Crippen LogP contribution in [-0.2, 0) is 14.4 Å². The van der Waals surface area contributed by atoms with Crippen LogP contribution in [0.5, 0.6) is 0 Å². The van der Waals surface area contributed by atoms with Gasteiger partial charge < -0.3 is 0 Å². The van der Waals surface area contributed by atoms with Gasteiger partial charge in [0.1, 0.15) is 17.3 Å². The fraction of sp³-hybridized carbons (Fsp3) is 0.818. The SMILES string of the molecule is C#[N+][C@@]12CCC3C4CC[C@H](C(C)=O)[C@@]4(C)CC(=O)C3[C@@]1(C)CCC(=O)C2. The van der Waals surface area contributed by atoms with E-state index in [1.807, 2.05) is 0 Å². The number of hydrogen-bond donors (Lipinski definition) is 0. The molecule has 26 heavy (non-hydrogen) atoms. The highest BCUT2D eigenvalue weighted by molar-refractivity contribution is 5.88. The Kier molecular flexibility index (Phi) is 3.79. The molecule has 0 bridgehead atoms. The molecule has 0 spiro atoms. The van der Waals surface area contributed by atoms with Crippen LogP contribution < -0.4 is 0 Å². The van der Waals surface area contributed by atoms with Crippen molar-refractivity contribution in [3.63, 3.8) is 0 Å². The number of carbonyl (C=O) groups is 3. The van der Waals surface area contributed by atoms with E-state index < -0.39 is 5.54 Å². The second kappa shape index (κ2) is 5.50. The summed E-state index contributed by atoms with van der Waals surface area (Å²) in [4.78, 5) is 42.1. The molecule has 0 aromatic heterocycles. The summed E-state index contributed by atoms with van der Waals surface area (Å²) >= 11 is 0. The van der Waals surface area contributed by atoms with Crippen molar-refractivity contribution in [2.45, 2.75) is 77.7 Å². The monoisotopic (exact) mass is 356 g/mol. The quantitative estimate of drug-likeness (QED) is 0.712. The molecular weight excluding hydrogens is 326 g/mol. The van der Waals surface area contributed by atoms with E-state index in [9.17, 15) is 14.4 Å². The second-order valence-corrected chi connectivity index (χ2v) is 9.97. The van der Waals surface area contributed by atoms with Gasteiger partial charge in [0.15, 0.2) is 0 Å². The maximum atomic E-state index is 13.5. The Hall–Kier alpha value is -1.50. The molecule has 4 aliphatic rings. The molecule has 4 rings (SSSR count). The Balaban J connectivity index is 1.76. The van der Waals surface area contributed by atoms with Crippen molar-refractivity contribution in [1.29, 1.82) is 0 Å². The number of Topliss-reactive ketones (excluding diaryl/α,β-unsaturated/α-hetero) is 3. The van der Waals surface area contributed by atoms with Crippen LogP contribution in [0.15, 0.2) is 0 Å². The topological polar surface area (TPSA) is 55.6 Å². The molecule has 0 radical (unpaired) electrons. The summed E-state index contributed by atoms with van der Waals surface area (Å²) in [7, 11) is 0. The predicted octanol–water partition coefficient (Wildman–Crippen LogP) is 4.07. The Morgan fingerprint density at radius 1 is 1.12 bits per heavy atom. The maximum absolute atomic E-state index is 13.5. The molecule has 0 aromatic rings. The summed E-state index contributed by atoms with van der Waals surface area (Å²) in [6.07, 6.45) is 5.75. The highest BCUT2D eigenvalue weighted by Crippen LogP contribution is 2.68. The molecule has 0 amide bonds. The van der Waals surface area contributed by atoms with E-state index in [-0.39, 0.29) is 40.0 Å². The summed E-state index contributed by atoms with van der Waals surface area (Å²) in [6.45, 7) is 11.9. The molecule has 7 atom stereocenters. The summed E-state index contributed by atoms with van der Waals surface area (Å²) in [5, 5.41) is 0. The van der Waals surface area contributed by atoms with Gasteiger partial charge in [0.25, 0.3) is 12.1 Å². The van der Waals surface area contributed by atoms with Crippen LogP contribution >= 0.6 is 0 Å². The van der Waals surface area contributed by atoms with Crippen LogP contribution in [0.3, 0.4) is 0 Å². The molecule has 4 heteroatoms. The highest BCUT2D eigenvalue weighted by Gasteiger charge is 2.72. The summed E-state index contributed by atoms with van der Waals surface area (Å²) in [5.74, 6) is 1.41. The standard InChI is InChI=1S/C22H30NO3/c1-13(24)16-5-6-17-15-8-10-22(23-4)11-14(25)7-9-21(22,3)19(15)18(26)12-20(16,17)2/h4,15-17,19H,5-12H2,1-3H3/q+1/t15?,16-,17?,19?,20-,21-,22-/m1/s1. The molecule has 4 nitrogen and oxygen atoms in total. The lowest BCUT2D eigenvalue weighted by Gasteiger charge is -2.58. The smallest absolute Gasteiger partial charge is 0.293 e. The van der Waals surface area contributed by atoms with Gasteiger partial charge in [-0.05, 0) is 49.9 Å². The molecule has 0 aliphatic heterocycles. The number of fused-ring (bicyclic) bond motifs is 5. The zero-order chi connectivity index (χ0) is 18.9. The van der Waals surface area contributed by atoms with Crippen LogP contribution in [0.2, 0.25) is 0 Å². The number of ketones is 3. The van der Waals surface area contributed by atoms with Gasteiger partial charge in [-0.3, -0.25) is 14.4 Å². The van der Waals surface area contributed by atoms with E-state index in [0.29, 0.717) is 37.5 Å². The van der Waals surface area contributed by atoms with Gasteiger partial charge in [0.05, 0.1) is 11.8 Å². The van der Waals surface area contributed by atoms with Crippen LogP contribution in [0, 0.1) is 41.1 Å². The van der Waals surface area contributed by atoms with Gasteiger partial charge in [-0.2, -0.15) is 0 Å². The van der Waals surface area contributed by atoms with Crippen LogP contribution in [-0.4, -0.2) is 22.9 Å². The van der Waals surface area contributed by atoms with Gasteiger partial charge in [0.2, 0.25) is 0 Å². The third-order valence-electron chi connectivity index (χ3n) is 9.05. The minimum atomic E-state index is -0.578. The van der Waals surface area contributed by atoms with Gasteiger partial charge in [0, 0.05) is 31.1 Å². The average molecular weight is 356 g/mol. The first-order valence-electron chi connectivity index (χ1n) is 10.2. The van der Waals surface area contributed by atoms with Crippen molar-refractivity contribution < 1.29 is 14.4 Å². The molecule has 4 saturated carbocycles. The molecule has 0 N–H and O–H groups in total. The van der Waals surface area contributed by atoms with Gasteiger partial charge in [-0.25, -0.2) is 0 Å². The zero-order valence-electron chi connectivity index (χ0n) is 16.2. The number of rotatable bonds is 1. The molecule has 0 aromatic carbocycles. The lowest BCUT2D eigenvalue weighted by Crippen LogP contribution is -2.63. The van der Waals surface area contributed by atoms with Gasteiger partial charge in [-0.15, -0.1) is 0 Å². The second-order valence-electron chi connectivity index (χ2n) is 9.97. The Bertz CT molecular complexity index is 736. The Morgan fingerprint density at radius 2 is 1.85 bits per heavy atom. The Morgan fingerprint density at radius 3 is 2.50 bits per heavy atom. The molecule has 140 valence electrons. The van der Waals surface area contributed by atoms with Gasteiger partial charge in [-0.1, -0.05) is 18.7 Å². The van der Waals surface area contributed by atoms with E-state index >= 15 is 0 Å². The molecule has 0 heterocycles. The molecule has 0 saturated heterocycles. The van der Waals surface area contributed by atoms with Crippen molar-refractivity contribution >= 4 is 17.3 Å². The first-order chi connectivity index (χ1) is 12.2. The molecule has 4 aliphatic carbocycles. The summed E-state index contributed by atoms with van der Waals surface area (Å²) in [6, 6.07) is 0. The van der Waals surface area contributed by atoms with Crippen LogP contribution in [0.25, 0.3) is 4.85 Å². The lowest BCUT2D eigenvalue weighted by atomic mass is 9.42. The van der Waals surface area contributed by atoms with Crippen molar-refractivity contribution in [2.24, 2.45) is 34.5 Å². The van der Waals surface area contributed by atoms with Crippen molar-refractivity contribution in [1.82, 2.24) is 0 Å². The zero-order valence-corrected chi connectivity index (χ0v) is 16.2. The largest absolute Gasteiger partial charge is 0.300 e. The van der Waals surface area contributed by atoms with Crippen LogP contribution in [0.4, 0.5) is 0 Å². The summed E-state index contributed by atoms with van der Waals surface area (Å²) in [5.41, 5.74) is -1.10. The number of nitrogens with zero attached hydrogens (tertiary/aromatic N) is 1. The predicted molar refractivity (Wildman–Crippen MR) is 98.8 cm³/mol. The number of hydrogen-bond acceptors (Lipinski definition) is 3. The average Bonchev–Trinajstić information content (AvgIpc) is 2.91. The van der Waals surface area contributed by atoms with E-state index in [0.717, 1.165) is 25.7 Å². The van der Waals surface area contributed by atoms with Crippen molar-refractivity contribution in [2.75, 3.05) is 0 Å². The normalized spacial score (nSPS) is 50.4. The molecule has 4 fully saturated rings. The van der Waals surface area contributed by atoms with Crippen molar-refractivity contribution in [3.8, 4) is 6.57 Å². The first-order valence-corrected chi connectivity index (χ1v) is 10.2. The molecule has 3 unspecified atom stereocenters. The third kappa shape index (κ3) is 2.03. The fourth-order valence-corrected chi connectivity index (χ4v) is 7.77. The molecular formula is C22H30NO3+. The van der Waals surface area contributed by atoms with Gasteiger partial charge >= 0.3 is 0 Å². The highest BCUT2D eigenvalue weighted by atomic mass is 16.1. The third-order valence-corrected chi connectivity index (χ3v) is 9.05. The minimum Gasteiger partial charge on any atom is -0.300 e. The first kappa shape index (κ1) is 17.9. The Labute approximate surface area is 155 Å². The lowest BCUT2D eigenvalue weighted by molar-refractivity contribution is -0.161. The fourth-order valence-electron chi connectivity index (χ4n) is 7.77. The number of carbonyl (C=O) groups excluding carboxylic acids is 3. The minimum absolute atomic E-state index is 0.0176. The van der Waals surface area contributed by atoms with Crippen molar-refractivity contribution in [3.05, 3.63) is 4.85 Å². The van der Waals surface area contributed by atoms with E-state index in [4.69, 9.17) is 6.57 Å². The summed E-state index contributed by atoms with van der Waals surface area (Å²) < 4.78 is 0. The van der Waals surface area contributed by atoms with E-state index in [1.165, 1.54) is 0 Å². The maximum Gasteiger partial charge on any atom is 0.293 e.